The number of esters is 1. The second-order valence-corrected chi connectivity index (χ2v) is 19.1. The van der Waals surface area contributed by atoms with Crippen LogP contribution >= 0.6 is 0 Å². The number of amides is 1. The zero-order valence-electron chi connectivity index (χ0n) is 39.3. The Kier molecular flexibility index (Phi) is 19.3. The van der Waals surface area contributed by atoms with E-state index >= 15 is 0 Å². The summed E-state index contributed by atoms with van der Waals surface area (Å²) in [6, 6.07) is 2.29. The molecule has 4 heterocycles. The number of ether oxygens (including phenoxy) is 5. The minimum Gasteiger partial charge on any atom is -0.619 e. The third-order valence-corrected chi connectivity index (χ3v) is 14.5. The van der Waals surface area contributed by atoms with Gasteiger partial charge in [-0.25, -0.2) is 4.79 Å². The van der Waals surface area contributed by atoms with Crippen molar-refractivity contribution < 1.29 is 68.0 Å². The average molecular weight is 915 g/mol. The topological polar surface area (TPSA) is 226 Å². The number of methoxy groups -OCH3 is 3. The van der Waals surface area contributed by atoms with Crippen molar-refractivity contribution >= 4 is 23.4 Å². The Labute approximate surface area is 383 Å². The van der Waals surface area contributed by atoms with Crippen molar-refractivity contribution in [3.05, 3.63) is 58.6 Å². The second-order valence-electron chi connectivity index (χ2n) is 19.1. The van der Waals surface area contributed by atoms with Gasteiger partial charge in [0.05, 0.1) is 30.5 Å². The number of aliphatic hydroxyl groups is 4. The van der Waals surface area contributed by atoms with Crippen LogP contribution in [0.4, 0.5) is 0 Å². The first-order valence-electron chi connectivity index (χ1n) is 23.5. The van der Waals surface area contributed by atoms with E-state index in [4.69, 9.17) is 23.7 Å². The van der Waals surface area contributed by atoms with E-state index in [2.05, 4.69) is 0 Å². The van der Waals surface area contributed by atoms with Crippen molar-refractivity contribution in [3.8, 4) is 0 Å². The van der Waals surface area contributed by atoms with Gasteiger partial charge < -0.3 is 54.2 Å². The minimum atomic E-state index is -2.58. The number of carbonyl (C=O) groups excluding carboxylic acids is 4. The molecule has 3 aliphatic heterocycles. The van der Waals surface area contributed by atoms with Crippen LogP contribution in [-0.2, 0) is 49.3 Å². The van der Waals surface area contributed by atoms with E-state index in [1.165, 1.54) is 26.6 Å². The number of rotatable bonds is 10. The van der Waals surface area contributed by atoms with Crippen molar-refractivity contribution in [2.75, 3.05) is 34.5 Å². The molecule has 1 aromatic rings. The van der Waals surface area contributed by atoms with Gasteiger partial charge in [0, 0.05) is 83.1 Å². The maximum absolute atomic E-state index is 14.5. The van der Waals surface area contributed by atoms with Crippen LogP contribution in [0, 0.1) is 34.8 Å². The Bertz CT molecular complexity index is 1820. The van der Waals surface area contributed by atoms with Gasteiger partial charge in [-0.1, -0.05) is 31.6 Å². The molecule has 0 spiro atoms. The summed E-state index contributed by atoms with van der Waals surface area (Å²) in [7, 11) is 4.53. The van der Waals surface area contributed by atoms with Gasteiger partial charge in [0.25, 0.3) is 11.7 Å². The highest BCUT2D eigenvalue weighted by Gasteiger charge is 2.56. The molecule has 1 saturated carbocycles. The van der Waals surface area contributed by atoms with Crippen molar-refractivity contribution in [3.63, 3.8) is 0 Å². The van der Waals surface area contributed by atoms with Crippen LogP contribution in [0.5, 0.6) is 0 Å². The fourth-order valence-electron chi connectivity index (χ4n) is 10.4. The molecule has 1 amide bonds. The maximum atomic E-state index is 14.5. The third kappa shape index (κ3) is 13.1. The first kappa shape index (κ1) is 52.4. The summed E-state index contributed by atoms with van der Waals surface area (Å²) in [6.45, 7) is 6.86. The van der Waals surface area contributed by atoms with Crippen LogP contribution in [-0.4, -0.2) is 138 Å². The smallest absolute Gasteiger partial charge is 0.329 e. The quantitative estimate of drug-likeness (QED) is 0.0864. The number of aromatic nitrogens is 1. The number of cyclic esters (lactones) is 1. The van der Waals surface area contributed by atoms with Gasteiger partial charge in [-0.15, -0.1) is 0 Å². The van der Waals surface area contributed by atoms with E-state index in [9.17, 15) is 44.8 Å². The van der Waals surface area contributed by atoms with Crippen LogP contribution in [0.2, 0.25) is 0 Å². The fraction of sp³-hybridized carbons (Fsp3) is 0.735. The molecule has 1 aliphatic carbocycles. The minimum absolute atomic E-state index is 0.0465. The standard InChI is InChI=1S/C49H74N2O14/c1-29-21-35(12-10-11-33-16-19-50(60)20-17-33)41(55)27-40(54)32(4)44(30(2)23-34-14-15-39(53)36(25-34)28-52)64-48(58)38-13-8-9-18-51(38)47(57)46(56)49(59)31(3)24-42(62-6)45(65-49)43(63-7)26-37(22-29)61-5/h16-17,19-21,23,31-32,34-40,42-45,52-54,59H,8-15,18,22,24-28H2,1-7H3/b29-21+,30-23+/t31-,32-,34+,35-,36+,37+,38+,39-,40+,42+,43+,44-,45+,49-/m1/s1. The molecule has 2 bridgehead atoms. The van der Waals surface area contributed by atoms with E-state index in [0.29, 0.717) is 68.1 Å². The number of pyridine rings is 1. The molecule has 0 aromatic carbocycles. The lowest BCUT2D eigenvalue weighted by atomic mass is 9.78. The Morgan fingerprint density at radius 3 is 2.31 bits per heavy atom. The largest absolute Gasteiger partial charge is 0.619 e. The number of piperidine rings is 1. The number of Topliss-reactive ketones (excluding diaryl/α,β-unsaturated/α-hetero) is 2. The molecule has 0 unspecified atom stereocenters. The predicted octanol–water partition coefficient (Wildman–Crippen LogP) is 3.69. The molecule has 16 nitrogen and oxygen atoms in total. The highest BCUT2D eigenvalue weighted by Crippen LogP contribution is 2.39. The Hall–Kier alpha value is -3.61. The van der Waals surface area contributed by atoms with Crippen molar-refractivity contribution in [2.24, 2.45) is 29.6 Å². The number of hydrogen-bond acceptors (Lipinski definition) is 14. The van der Waals surface area contributed by atoms with E-state index in [1.807, 2.05) is 19.1 Å². The molecule has 4 aliphatic rings. The zero-order valence-corrected chi connectivity index (χ0v) is 39.3. The fourth-order valence-corrected chi connectivity index (χ4v) is 10.4. The molecular weight excluding hydrogens is 841 g/mol. The van der Waals surface area contributed by atoms with Gasteiger partial charge in [-0.05, 0) is 102 Å². The first-order valence-corrected chi connectivity index (χ1v) is 23.5. The van der Waals surface area contributed by atoms with Crippen molar-refractivity contribution in [1.29, 1.82) is 0 Å². The van der Waals surface area contributed by atoms with Gasteiger partial charge >= 0.3 is 5.97 Å². The van der Waals surface area contributed by atoms with E-state index in [-0.39, 0.29) is 56.5 Å². The number of nitrogens with zero attached hydrogens (tertiary/aromatic N) is 2. The molecule has 364 valence electrons. The molecule has 14 atom stereocenters. The first-order chi connectivity index (χ1) is 30.9. The molecule has 5 rings (SSSR count). The molecule has 3 fully saturated rings. The highest BCUT2D eigenvalue weighted by molar-refractivity contribution is 6.39. The van der Waals surface area contributed by atoms with Crippen LogP contribution in [0.25, 0.3) is 0 Å². The monoisotopic (exact) mass is 915 g/mol. The highest BCUT2D eigenvalue weighted by atomic mass is 16.7. The summed E-state index contributed by atoms with van der Waals surface area (Å²) < 4.78 is 31.0. The third-order valence-electron chi connectivity index (χ3n) is 14.5. The van der Waals surface area contributed by atoms with Gasteiger partial charge in [0.15, 0.2) is 12.4 Å². The van der Waals surface area contributed by atoms with Gasteiger partial charge in [-0.3, -0.25) is 14.4 Å². The second kappa shape index (κ2) is 23.9. The lowest BCUT2D eigenvalue weighted by Crippen LogP contribution is -2.64. The number of ketones is 2. The molecule has 16 heteroatoms. The maximum Gasteiger partial charge on any atom is 0.329 e. The molecule has 4 N–H and O–H groups in total. The van der Waals surface area contributed by atoms with Crippen LogP contribution in [0.3, 0.4) is 0 Å². The van der Waals surface area contributed by atoms with Crippen molar-refractivity contribution in [2.45, 2.75) is 166 Å². The van der Waals surface area contributed by atoms with Gasteiger partial charge in [-0.2, -0.15) is 4.73 Å². The number of fused-ring (bicyclic) bond motifs is 3. The molecular formula is C49H74N2O14. The SMILES string of the molecule is CO[C@H]1C/C(C)=C/[C@@H](CCCc2cc[n+]([O-])cc2)C(=O)C[C@H](O)[C@@H](C)[C@@H](/C(C)=C/[C@@H]2CC[C@@H](O)[C@H](CO)C2)OC(=O)[C@@H]2CCCCN2C(=O)C(=O)[C@]2(O)O[C@H]([C@@H](OC)C1)[C@@H](OC)C[C@H]2C. The van der Waals surface area contributed by atoms with E-state index in [0.717, 1.165) is 16.0 Å². The number of aryl methyl sites for hydroxylation is 1. The average Bonchev–Trinajstić information content (AvgIpc) is 3.29. The summed E-state index contributed by atoms with van der Waals surface area (Å²) in [5, 5.41) is 56.2. The Morgan fingerprint density at radius 1 is 0.954 bits per heavy atom. The summed E-state index contributed by atoms with van der Waals surface area (Å²) in [5.41, 5.74) is 2.38. The summed E-state index contributed by atoms with van der Waals surface area (Å²) in [4.78, 5) is 58.7. The Balaban J connectivity index is 1.55. The lowest BCUT2D eigenvalue weighted by Gasteiger charge is -2.47. The van der Waals surface area contributed by atoms with E-state index in [1.54, 1.807) is 40.0 Å². The predicted molar refractivity (Wildman–Crippen MR) is 238 cm³/mol. The summed E-state index contributed by atoms with van der Waals surface area (Å²) in [5.74, 6) is -8.61. The number of aliphatic hydroxyl groups excluding tert-OH is 3. The molecule has 1 aromatic heterocycles. The normalized spacial score (nSPS) is 37.4. The van der Waals surface area contributed by atoms with Gasteiger partial charge in [0.1, 0.15) is 24.0 Å². The summed E-state index contributed by atoms with van der Waals surface area (Å²) >= 11 is 0. The van der Waals surface area contributed by atoms with Crippen LogP contribution in [0.1, 0.15) is 110 Å². The molecule has 2 saturated heterocycles. The van der Waals surface area contributed by atoms with Crippen LogP contribution in [0.15, 0.2) is 47.8 Å². The Morgan fingerprint density at radius 2 is 1.65 bits per heavy atom. The summed E-state index contributed by atoms with van der Waals surface area (Å²) in [6.07, 6.45) is 5.83. The molecule has 65 heavy (non-hydrogen) atoms. The number of carbonyl (C=O) groups is 4. The number of allylic oxidation sites excluding steroid dienone is 2. The van der Waals surface area contributed by atoms with Gasteiger partial charge in [0.2, 0.25) is 5.79 Å². The lowest BCUT2D eigenvalue weighted by molar-refractivity contribution is -0.605. The van der Waals surface area contributed by atoms with Crippen molar-refractivity contribution in [1.82, 2.24) is 4.90 Å². The van der Waals surface area contributed by atoms with Crippen LogP contribution < -0.4 is 4.73 Å². The zero-order chi connectivity index (χ0) is 47.6. The van der Waals surface area contributed by atoms with E-state index < -0.39 is 90.0 Å². The molecule has 0 radical (unpaired) electrons. The number of hydrogen-bond donors (Lipinski definition) is 4.